The summed E-state index contributed by atoms with van der Waals surface area (Å²) in [6, 6.07) is 7.22. The van der Waals surface area contributed by atoms with Crippen molar-refractivity contribution in [3.05, 3.63) is 63.4 Å². The Labute approximate surface area is 210 Å². The number of carbonyl (C=O) groups is 1. The molecule has 3 unspecified atom stereocenters. The number of ether oxygens (including phenoxy) is 2. The van der Waals surface area contributed by atoms with Gasteiger partial charge in [-0.25, -0.2) is 18.1 Å². The lowest BCUT2D eigenvalue weighted by Gasteiger charge is -2.28. The molecule has 0 amide bonds. The summed E-state index contributed by atoms with van der Waals surface area (Å²) >= 11 is 0. The van der Waals surface area contributed by atoms with Crippen molar-refractivity contribution in [1.82, 2.24) is 14.6 Å². The first-order chi connectivity index (χ1) is 17.2. The molecule has 0 bridgehead atoms. The molecule has 1 aromatic carbocycles. The van der Waals surface area contributed by atoms with Gasteiger partial charge >= 0.3 is 19.4 Å². The Morgan fingerprint density at radius 3 is 2.49 bits per heavy atom. The number of carbonyl (C=O) groups excluding carboxylic acids is 1. The van der Waals surface area contributed by atoms with Gasteiger partial charge in [0, 0.05) is 12.3 Å². The topological polar surface area (TPSA) is 158 Å². The molecule has 1 fully saturated rings. The summed E-state index contributed by atoms with van der Waals surface area (Å²) in [6.45, 7) is 3.95. The summed E-state index contributed by atoms with van der Waals surface area (Å²) in [5.41, 5.74) is -4.80. The second-order valence-electron chi connectivity index (χ2n) is 8.84. The van der Waals surface area contributed by atoms with Gasteiger partial charge in [-0.1, -0.05) is 18.2 Å². The number of rotatable bonds is 10. The first-order valence-corrected chi connectivity index (χ1v) is 12.7. The van der Waals surface area contributed by atoms with Crippen LogP contribution < -0.4 is 20.9 Å². The molecule has 12 nitrogen and oxygen atoms in total. The summed E-state index contributed by atoms with van der Waals surface area (Å²) < 4.78 is 66.0. The molecule has 1 aromatic heterocycles. The molecular formula is C22H28F2N3O9P. The minimum absolute atomic E-state index is 0.0246. The van der Waals surface area contributed by atoms with Crippen molar-refractivity contribution >= 4 is 13.7 Å². The zero-order chi connectivity index (χ0) is 27.6. The lowest BCUT2D eigenvalue weighted by atomic mass is 9.97. The molecule has 0 saturated carbocycles. The Morgan fingerprint density at radius 1 is 1.24 bits per heavy atom. The zero-order valence-electron chi connectivity index (χ0n) is 20.4. The lowest BCUT2D eigenvalue weighted by molar-refractivity contribution is -0.204. The fourth-order valence-electron chi connectivity index (χ4n) is 3.48. The van der Waals surface area contributed by atoms with E-state index in [0.29, 0.717) is 4.57 Å². The molecule has 1 aliphatic heterocycles. The molecule has 1 saturated heterocycles. The summed E-state index contributed by atoms with van der Waals surface area (Å²) in [6.07, 6.45) is -4.17. The first-order valence-electron chi connectivity index (χ1n) is 11.2. The number of nitrogens with zero attached hydrogens (tertiary/aromatic N) is 1. The molecule has 15 heteroatoms. The van der Waals surface area contributed by atoms with Crippen LogP contribution in [0.1, 0.15) is 33.9 Å². The number of aromatic nitrogens is 2. The molecule has 1 aliphatic rings. The van der Waals surface area contributed by atoms with Crippen molar-refractivity contribution in [2.75, 3.05) is 6.61 Å². The number of aliphatic hydroxyl groups excluding tert-OH is 1. The Balaban J connectivity index is 1.86. The van der Waals surface area contributed by atoms with Crippen LogP contribution in [0.3, 0.4) is 0 Å². The summed E-state index contributed by atoms with van der Waals surface area (Å²) in [5, 5.41) is 12.8. The maximum Gasteiger partial charge on any atom is 0.459 e. The lowest BCUT2D eigenvalue weighted by Crippen LogP contribution is -2.47. The maximum absolute atomic E-state index is 15.8. The molecule has 3 rings (SSSR count). The van der Waals surface area contributed by atoms with E-state index in [9.17, 15) is 24.1 Å². The molecule has 0 aliphatic carbocycles. The van der Waals surface area contributed by atoms with E-state index in [2.05, 4.69) is 5.09 Å². The number of aliphatic hydroxyl groups is 1. The van der Waals surface area contributed by atoms with E-state index in [1.807, 2.05) is 4.98 Å². The monoisotopic (exact) mass is 547 g/mol. The Kier molecular flexibility index (Phi) is 8.40. The summed E-state index contributed by atoms with van der Waals surface area (Å²) in [4.78, 5) is 37.6. The predicted octanol–water partition coefficient (Wildman–Crippen LogP) is 1.95. The van der Waals surface area contributed by atoms with Crippen molar-refractivity contribution in [2.45, 2.75) is 63.7 Å². The van der Waals surface area contributed by atoms with E-state index >= 15 is 8.78 Å². The number of aromatic amines is 1. The minimum atomic E-state index is -4.59. The van der Waals surface area contributed by atoms with Crippen LogP contribution in [-0.2, 0) is 23.4 Å². The van der Waals surface area contributed by atoms with Gasteiger partial charge in [-0.2, -0.15) is 5.09 Å². The molecule has 37 heavy (non-hydrogen) atoms. The summed E-state index contributed by atoms with van der Waals surface area (Å²) in [7, 11) is -4.59. The van der Waals surface area contributed by atoms with Crippen molar-refractivity contribution in [1.29, 1.82) is 0 Å². The molecule has 0 spiro atoms. The standard InChI is InChI=1S/C22H28F2N3O9P/c1-13(2)34-17(29)14(3)26-37(32,36-15-8-6-5-7-9-15)33-12-22(24)18(30)21(4,23)19(35-22)27-11-10-16(28)25-20(27)31/h5-11,13-14,18-19,30H,12H2,1-4H3,(H,26,32)(H,25,28,31)/t14?,18-,19+,21+,22?,37?/m0/s1. The zero-order valence-corrected chi connectivity index (χ0v) is 21.3. The van der Waals surface area contributed by atoms with Crippen LogP contribution in [-0.4, -0.2) is 57.0 Å². The van der Waals surface area contributed by atoms with E-state index in [-0.39, 0.29) is 5.75 Å². The van der Waals surface area contributed by atoms with Crippen LogP contribution in [0, 0.1) is 0 Å². The average Bonchev–Trinajstić information content (AvgIpc) is 2.98. The molecular weight excluding hydrogens is 519 g/mol. The fraction of sp³-hybridized carbons (Fsp3) is 0.500. The SMILES string of the molecule is CC(C)OC(=O)C(C)NP(=O)(OCC1(F)O[C@@H](n2ccc(=O)[nH]c2=O)[C@](C)(F)[C@@H]1O)Oc1ccccc1. The highest BCUT2D eigenvalue weighted by Gasteiger charge is 2.65. The van der Waals surface area contributed by atoms with Gasteiger partial charge in [0.25, 0.3) is 11.4 Å². The van der Waals surface area contributed by atoms with Gasteiger partial charge in [-0.15, -0.1) is 0 Å². The molecule has 3 N–H and O–H groups in total. The molecule has 6 atom stereocenters. The van der Waals surface area contributed by atoms with Gasteiger partial charge in [-0.3, -0.25) is 23.7 Å². The average molecular weight is 547 g/mol. The normalized spacial score (nSPS) is 28.0. The van der Waals surface area contributed by atoms with E-state index in [1.165, 1.54) is 19.1 Å². The Bertz CT molecular complexity index is 1270. The van der Waals surface area contributed by atoms with E-state index < -0.39 is 67.6 Å². The van der Waals surface area contributed by atoms with Crippen LogP contribution in [0.15, 0.2) is 52.2 Å². The van der Waals surface area contributed by atoms with Gasteiger partial charge in [0.05, 0.1) is 6.10 Å². The Hall–Kier alpha value is -2.90. The van der Waals surface area contributed by atoms with Crippen LogP contribution in [0.25, 0.3) is 0 Å². The smallest absolute Gasteiger partial charge is 0.459 e. The number of nitrogens with one attached hydrogen (secondary N) is 2. The third-order valence-corrected chi connectivity index (χ3v) is 6.92. The maximum atomic E-state index is 15.8. The highest BCUT2D eigenvalue weighted by Crippen LogP contribution is 2.51. The van der Waals surface area contributed by atoms with Gasteiger partial charge in [0.1, 0.15) is 18.4 Å². The fourth-order valence-corrected chi connectivity index (χ4v) is 4.99. The first kappa shape index (κ1) is 28.7. The molecule has 204 valence electrons. The number of H-pyrrole nitrogens is 1. The number of halogens is 2. The molecule has 0 radical (unpaired) electrons. The second-order valence-corrected chi connectivity index (χ2v) is 10.5. The van der Waals surface area contributed by atoms with E-state index in [0.717, 1.165) is 19.2 Å². The van der Waals surface area contributed by atoms with Crippen molar-refractivity contribution in [2.24, 2.45) is 0 Å². The van der Waals surface area contributed by atoms with Crippen molar-refractivity contribution in [3.8, 4) is 5.75 Å². The second kappa shape index (κ2) is 10.8. The summed E-state index contributed by atoms with van der Waals surface area (Å²) in [5.74, 6) is -4.11. The third kappa shape index (κ3) is 6.51. The van der Waals surface area contributed by atoms with Gasteiger partial charge in [-0.05, 0) is 39.8 Å². The third-order valence-electron chi connectivity index (χ3n) is 5.29. The number of hydrogen-bond donors (Lipinski definition) is 3. The van der Waals surface area contributed by atoms with Gasteiger partial charge in [0.2, 0.25) is 0 Å². The number of hydrogen-bond acceptors (Lipinski definition) is 9. The predicted molar refractivity (Wildman–Crippen MR) is 125 cm³/mol. The minimum Gasteiger partial charge on any atom is -0.462 e. The number of esters is 1. The van der Waals surface area contributed by atoms with Crippen LogP contribution >= 0.6 is 7.75 Å². The highest BCUT2D eigenvalue weighted by atomic mass is 31.2. The number of benzene rings is 1. The number of alkyl halides is 2. The molecule has 2 aromatic rings. The largest absolute Gasteiger partial charge is 0.462 e. The van der Waals surface area contributed by atoms with Crippen molar-refractivity contribution < 1.29 is 41.8 Å². The van der Waals surface area contributed by atoms with E-state index in [1.54, 1.807) is 32.0 Å². The van der Waals surface area contributed by atoms with Gasteiger partial charge in [0.15, 0.2) is 18.0 Å². The van der Waals surface area contributed by atoms with Gasteiger partial charge < -0.3 is 19.1 Å². The Morgan fingerprint density at radius 2 is 1.89 bits per heavy atom. The molecule has 2 heterocycles. The van der Waals surface area contributed by atoms with Crippen LogP contribution in [0.5, 0.6) is 5.75 Å². The van der Waals surface area contributed by atoms with Crippen LogP contribution in [0.4, 0.5) is 8.78 Å². The highest BCUT2D eigenvalue weighted by molar-refractivity contribution is 7.52. The van der Waals surface area contributed by atoms with Crippen molar-refractivity contribution in [3.63, 3.8) is 0 Å². The van der Waals surface area contributed by atoms with E-state index in [4.69, 9.17) is 18.5 Å². The van der Waals surface area contributed by atoms with Crippen LogP contribution in [0.2, 0.25) is 0 Å². The quantitative estimate of drug-likeness (QED) is 0.297. The number of para-hydroxylation sites is 1.